The molecule has 5 rings (SSSR count). The molecule has 2 aliphatic rings. The molecule has 1 aromatic carbocycles. The Balaban J connectivity index is 1.65. The fraction of sp³-hybridized carbons (Fsp3) is 0.455. The molecule has 1 saturated heterocycles. The molecule has 29 heavy (non-hydrogen) atoms. The molecule has 2 aliphatic heterocycles. The average Bonchev–Trinajstić information content (AvgIpc) is 3.30. The van der Waals surface area contributed by atoms with Crippen LogP contribution in [0.25, 0.3) is 11.0 Å². The highest BCUT2D eigenvalue weighted by Gasteiger charge is 2.37. The number of rotatable bonds is 4. The van der Waals surface area contributed by atoms with Crippen molar-refractivity contribution in [3.8, 4) is 0 Å². The first-order chi connectivity index (χ1) is 14.0. The van der Waals surface area contributed by atoms with Crippen LogP contribution in [0, 0.1) is 5.82 Å². The second-order valence-electron chi connectivity index (χ2n) is 8.32. The first kappa shape index (κ1) is 18.6. The summed E-state index contributed by atoms with van der Waals surface area (Å²) in [5, 5.41) is 11.2. The zero-order valence-corrected chi connectivity index (χ0v) is 16.4. The first-order valence-corrected chi connectivity index (χ1v) is 10.1. The molecule has 7 heteroatoms. The van der Waals surface area contributed by atoms with E-state index in [-0.39, 0.29) is 11.6 Å². The molecule has 1 fully saturated rings. The molecular weight excluding hydrogens is 374 g/mol. The highest BCUT2D eigenvalue weighted by Crippen LogP contribution is 2.43. The van der Waals surface area contributed by atoms with E-state index in [1.54, 1.807) is 25.3 Å². The lowest BCUT2D eigenvalue weighted by atomic mass is 9.95. The number of fused-ring (bicyclic) bond motifs is 5. The van der Waals surface area contributed by atoms with Crippen LogP contribution in [-0.4, -0.2) is 37.6 Å². The van der Waals surface area contributed by atoms with Gasteiger partial charge in [0.1, 0.15) is 18.1 Å². The SMILES string of the molecule is CC(O)(Cn1c2c(c3nc(CF)ncc31)C1CCCN1CC2)c1ccc(F)cc1. The number of benzene rings is 1. The summed E-state index contributed by atoms with van der Waals surface area (Å²) in [5.41, 5.74) is 3.39. The smallest absolute Gasteiger partial charge is 0.160 e. The molecule has 0 amide bonds. The fourth-order valence-electron chi connectivity index (χ4n) is 4.98. The number of hydrogen-bond donors (Lipinski definition) is 1. The van der Waals surface area contributed by atoms with Gasteiger partial charge in [0.25, 0.3) is 0 Å². The van der Waals surface area contributed by atoms with Crippen LogP contribution >= 0.6 is 0 Å². The highest BCUT2D eigenvalue weighted by molar-refractivity contribution is 5.82. The monoisotopic (exact) mass is 398 g/mol. The molecule has 0 radical (unpaired) electrons. The maximum absolute atomic E-state index is 13.3. The summed E-state index contributed by atoms with van der Waals surface area (Å²) in [6.07, 6.45) is 4.74. The van der Waals surface area contributed by atoms with Gasteiger partial charge in [0.15, 0.2) is 5.82 Å². The van der Waals surface area contributed by atoms with Gasteiger partial charge in [-0.2, -0.15) is 0 Å². The standard InChI is InChI=1S/C22H24F2N4O/c1-22(29,14-4-6-15(24)7-5-14)13-28-17-8-10-27-9-2-3-16(27)20(17)21-18(28)12-25-19(11-23)26-21/h4-7,12,16,29H,2-3,8-11,13H2,1H3. The Morgan fingerprint density at radius 1 is 1.24 bits per heavy atom. The molecule has 0 bridgehead atoms. The lowest BCUT2D eigenvalue weighted by molar-refractivity contribution is 0.0383. The summed E-state index contributed by atoms with van der Waals surface area (Å²) in [6.45, 7) is 3.38. The van der Waals surface area contributed by atoms with Crippen LogP contribution in [0.3, 0.4) is 0 Å². The largest absolute Gasteiger partial charge is 0.384 e. The van der Waals surface area contributed by atoms with Crippen molar-refractivity contribution >= 4 is 11.0 Å². The van der Waals surface area contributed by atoms with Crippen LogP contribution in [0.1, 0.15) is 48.5 Å². The van der Waals surface area contributed by atoms with Crippen LogP contribution in [0.15, 0.2) is 30.5 Å². The Morgan fingerprint density at radius 3 is 2.79 bits per heavy atom. The number of alkyl halides is 1. The van der Waals surface area contributed by atoms with Crippen LogP contribution < -0.4 is 0 Å². The molecule has 0 saturated carbocycles. The molecule has 0 aliphatic carbocycles. The number of halogens is 2. The first-order valence-electron chi connectivity index (χ1n) is 10.1. The van der Waals surface area contributed by atoms with Gasteiger partial charge in [-0.1, -0.05) is 12.1 Å². The van der Waals surface area contributed by atoms with E-state index in [1.165, 1.54) is 12.1 Å². The van der Waals surface area contributed by atoms with Gasteiger partial charge in [-0.25, -0.2) is 18.7 Å². The van der Waals surface area contributed by atoms with Gasteiger partial charge >= 0.3 is 0 Å². The minimum absolute atomic E-state index is 0.192. The zero-order valence-electron chi connectivity index (χ0n) is 16.4. The third kappa shape index (κ3) is 3.04. The van der Waals surface area contributed by atoms with Gasteiger partial charge in [0.05, 0.1) is 23.8 Å². The summed E-state index contributed by atoms with van der Waals surface area (Å²) in [6, 6.07) is 6.24. The molecule has 1 N–H and O–H groups in total. The molecule has 152 valence electrons. The molecule has 2 atom stereocenters. The van der Waals surface area contributed by atoms with Crippen molar-refractivity contribution in [2.24, 2.45) is 0 Å². The highest BCUT2D eigenvalue weighted by atomic mass is 19.1. The molecule has 4 heterocycles. The Hall–Kier alpha value is -2.38. The number of aliphatic hydroxyl groups is 1. The van der Waals surface area contributed by atoms with E-state index in [4.69, 9.17) is 0 Å². The molecule has 2 aromatic heterocycles. The van der Waals surface area contributed by atoms with E-state index in [1.807, 2.05) is 0 Å². The van der Waals surface area contributed by atoms with Gasteiger partial charge in [0.2, 0.25) is 0 Å². The lowest BCUT2D eigenvalue weighted by Gasteiger charge is -2.32. The molecule has 3 aromatic rings. The Bertz CT molecular complexity index is 1060. The van der Waals surface area contributed by atoms with E-state index in [0.29, 0.717) is 18.2 Å². The lowest BCUT2D eigenvalue weighted by Crippen LogP contribution is -2.33. The molecular formula is C22H24F2N4O. The predicted molar refractivity (Wildman–Crippen MR) is 106 cm³/mol. The van der Waals surface area contributed by atoms with Crippen molar-refractivity contribution in [2.75, 3.05) is 13.1 Å². The fourth-order valence-corrected chi connectivity index (χ4v) is 4.98. The zero-order chi connectivity index (χ0) is 20.2. The minimum Gasteiger partial charge on any atom is -0.384 e. The van der Waals surface area contributed by atoms with Crippen molar-refractivity contribution < 1.29 is 13.9 Å². The van der Waals surface area contributed by atoms with Crippen molar-refractivity contribution in [2.45, 2.75) is 51.0 Å². The van der Waals surface area contributed by atoms with Crippen molar-refractivity contribution in [3.05, 3.63) is 58.9 Å². The summed E-state index contributed by atoms with van der Waals surface area (Å²) < 4.78 is 28.7. The van der Waals surface area contributed by atoms with Gasteiger partial charge in [-0.3, -0.25) is 4.90 Å². The van der Waals surface area contributed by atoms with E-state index in [9.17, 15) is 13.9 Å². The molecule has 5 nitrogen and oxygen atoms in total. The van der Waals surface area contributed by atoms with E-state index >= 15 is 0 Å². The van der Waals surface area contributed by atoms with Crippen molar-refractivity contribution in [3.63, 3.8) is 0 Å². The number of hydrogen-bond acceptors (Lipinski definition) is 4. The second-order valence-corrected chi connectivity index (χ2v) is 8.32. The third-order valence-corrected chi connectivity index (χ3v) is 6.39. The quantitative estimate of drug-likeness (QED) is 0.729. The summed E-state index contributed by atoms with van der Waals surface area (Å²) in [5.74, 6) is -0.139. The van der Waals surface area contributed by atoms with Crippen LogP contribution in [0.4, 0.5) is 8.78 Å². The third-order valence-electron chi connectivity index (χ3n) is 6.39. The Morgan fingerprint density at radius 2 is 2.03 bits per heavy atom. The summed E-state index contributed by atoms with van der Waals surface area (Å²) in [4.78, 5) is 11.2. The van der Waals surface area contributed by atoms with E-state index < -0.39 is 12.3 Å². The number of aromatic nitrogens is 3. The maximum atomic E-state index is 13.3. The van der Waals surface area contributed by atoms with E-state index in [2.05, 4.69) is 19.4 Å². The average molecular weight is 398 g/mol. The van der Waals surface area contributed by atoms with Gasteiger partial charge < -0.3 is 9.67 Å². The van der Waals surface area contributed by atoms with Gasteiger partial charge in [0, 0.05) is 30.3 Å². The second kappa shape index (κ2) is 6.85. The van der Waals surface area contributed by atoms with Crippen LogP contribution in [-0.2, 0) is 25.2 Å². The molecule has 0 spiro atoms. The normalized spacial score (nSPS) is 21.2. The molecule has 2 unspecified atom stereocenters. The van der Waals surface area contributed by atoms with Gasteiger partial charge in [-0.15, -0.1) is 0 Å². The topological polar surface area (TPSA) is 54.2 Å². The number of nitrogens with zero attached hydrogens (tertiary/aromatic N) is 4. The Labute approximate surface area is 168 Å². The minimum atomic E-state index is -1.20. The maximum Gasteiger partial charge on any atom is 0.160 e. The summed E-state index contributed by atoms with van der Waals surface area (Å²) in [7, 11) is 0. The summed E-state index contributed by atoms with van der Waals surface area (Å²) >= 11 is 0. The van der Waals surface area contributed by atoms with Crippen molar-refractivity contribution in [1.29, 1.82) is 0 Å². The predicted octanol–water partition coefficient (Wildman–Crippen LogP) is 3.64. The Kier molecular flexibility index (Phi) is 4.40. The van der Waals surface area contributed by atoms with E-state index in [0.717, 1.165) is 54.6 Å². The van der Waals surface area contributed by atoms with Crippen LogP contribution in [0.2, 0.25) is 0 Å². The van der Waals surface area contributed by atoms with Crippen LogP contribution in [0.5, 0.6) is 0 Å². The van der Waals surface area contributed by atoms with Crippen molar-refractivity contribution in [1.82, 2.24) is 19.4 Å². The van der Waals surface area contributed by atoms with Gasteiger partial charge in [-0.05, 0) is 44.0 Å².